The third-order valence-electron chi connectivity index (χ3n) is 3.96. The highest BCUT2D eigenvalue weighted by atomic mass is 35.5. The first-order valence-electron chi connectivity index (χ1n) is 8.28. The number of nitrogen functional groups attached to an aromatic ring is 1. The number of halogens is 3. The van der Waals surface area contributed by atoms with Crippen LogP contribution in [0.5, 0.6) is 5.75 Å². The molecule has 28 heavy (non-hydrogen) atoms. The number of hydrogen-bond donors (Lipinski definition) is 2. The number of hydrogen-bond acceptors (Lipinski definition) is 4. The van der Waals surface area contributed by atoms with Crippen molar-refractivity contribution in [2.75, 3.05) is 11.1 Å². The molecule has 0 bridgehead atoms. The lowest BCUT2D eigenvalue weighted by molar-refractivity contribution is 0.102. The first-order chi connectivity index (χ1) is 13.3. The molecule has 144 valence electrons. The number of carbonyl (C=O) groups excluding carboxylic acids is 1. The minimum atomic E-state index is -0.360. The van der Waals surface area contributed by atoms with Crippen molar-refractivity contribution >= 4 is 52.2 Å². The maximum atomic E-state index is 12.5. The first kappa shape index (κ1) is 20.3. The Balaban J connectivity index is 1.77. The average molecular weight is 437 g/mol. The molecule has 1 amide bonds. The van der Waals surface area contributed by atoms with Gasteiger partial charge in [0.25, 0.3) is 5.91 Å². The fraction of sp³-hybridized carbons (Fsp3) is 0.100. The zero-order chi connectivity index (χ0) is 20.3. The van der Waals surface area contributed by atoms with E-state index < -0.39 is 0 Å². The van der Waals surface area contributed by atoms with Crippen LogP contribution in [-0.2, 0) is 0 Å². The second-order valence-corrected chi connectivity index (χ2v) is 7.20. The van der Waals surface area contributed by atoms with Crippen LogP contribution in [0.15, 0.2) is 54.7 Å². The topological polar surface area (TPSA) is 77.2 Å². The van der Waals surface area contributed by atoms with Gasteiger partial charge in [-0.15, -0.1) is 0 Å². The van der Waals surface area contributed by atoms with E-state index in [0.717, 1.165) is 5.56 Å². The lowest BCUT2D eigenvalue weighted by atomic mass is 10.1. The minimum Gasteiger partial charge on any atom is -0.482 e. The predicted molar refractivity (Wildman–Crippen MR) is 114 cm³/mol. The molecule has 1 aromatic heterocycles. The number of benzene rings is 2. The molecule has 3 aromatic rings. The van der Waals surface area contributed by atoms with Gasteiger partial charge in [0.15, 0.2) is 11.6 Å². The number of carbonyl (C=O) groups is 1. The van der Waals surface area contributed by atoms with Crippen LogP contribution < -0.4 is 15.8 Å². The average Bonchev–Trinajstić information content (AvgIpc) is 2.67. The lowest BCUT2D eigenvalue weighted by Crippen LogP contribution is -2.13. The van der Waals surface area contributed by atoms with Crippen LogP contribution in [0, 0.1) is 0 Å². The normalized spacial score (nSPS) is 11.7. The van der Waals surface area contributed by atoms with E-state index in [0.29, 0.717) is 27.0 Å². The molecule has 0 radical (unpaired) electrons. The number of amides is 1. The van der Waals surface area contributed by atoms with Gasteiger partial charge in [-0.1, -0.05) is 53.0 Å². The highest BCUT2D eigenvalue weighted by Gasteiger charge is 2.15. The molecule has 5 nitrogen and oxygen atoms in total. The molecule has 3 N–H and O–H groups in total. The molecule has 3 rings (SSSR count). The summed E-state index contributed by atoms with van der Waals surface area (Å²) < 4.78 is 5.87. The van der Waals surface area contributed by atoms with E-state index in [-0.39, 0.29) is 22.9 Å². The fourth-order valence-corrected chi connectivity index (χ4v) is 3.07. The van der Waals surface area contributed by atoms with Crippen molar-refractivity contribution in [3.05, 3.63) is 80.9 Å². The zero-order valence-corrected chi connectivity index (χ0v) is 17.0. The number of nitrogens with zero attached hydrogens (tertiary/aromatic N) is 1. The van der Waals surface area contributed by atoms with Gasteiger partial charge < -0.3 is 15.8 Å². The second-order valence-electron chi connectivity index (χ2n) is 5.98. The van der Waals surface area contributed by atoms with Crippen LogP contribution in [-0.4, -0.2) is 10.9 Å². The monoisotopic (exact) mass is 435 g/mol. The maximum absolute atomic E-state index is 12.5. The number of nitrogens with two attached hydrogens (primary N) is 1. The molecule has 0 unspecified atom stereocenters. The van der Waals surface area contributed by atoms with Crippen LogP contribution >= 0.6 is 34.8 Å². The van der Waals surface area contributed by atoms with E-state index in [4.69, 9.17) is 45.3 Å². The van der Waals surface area contributed by atoms with Crippen molar-refractivity contribution in [1.29, 1.82) is 0 Å². The van der Waals surface area contributed by atoms with Crippen molar-refractivity contribution in [2.45, 2.75) is 13.0 Å². The summed E-state index contributed by atoms with van der Waals surface area (Å²) in [6, 6.07) is 13.7. The molecule has 1 atom stereocenters. The Morgan fingerprint density at radius 3 is 2.68 bits per heavy atom. The number of anilines is 2. The third kappa shape index (κ3) is 4.68. The van der Waals surface area contributed by atoms with Gasteiger partial charge in [-0.05, 0) is 36.8 Å². The van der Waals surface area contributed by atoms with Gasteiger partial charge in [-0.3, -0.25) is 4.79 Å². The molecule has 0 saturated heterocycles. The molecule has 0 aliphatic heterocycles. The van der Waals surface area contributed by atoms with Gasteiger partial charge in [0, 0.05) is 18.0 Å². The molecular weight excluding hydrogens is 421 g/mol. The quantitative estimate of drug-likeness (QED) is 0.513. The van der Waals surface area contributed by atoms with E-state index in [1.165, 1.54) is 6.20 Å². The first-order valence-corrected chi connectivity index (χ1v) is 9.41. The molecule has 2 aromatic carbocycles. The standard InChI is InChI=1S/C20H16Cl3N3O2/c1-11(28-17-9-13(21)10-25-19(17)24)12-4-2-5-14(8-12)26-20(27)15-6-3-7-16(22)18(15)23/h2-11H,1H3,(H2,24,25)(H,26,27)/t11-/m0/s1. The molecule has 0 aliphatic rings. The zero-order valence-electron chi connectivity index (χ0n) is 14.7. The van der Waals surface area contributed by atoms with Crippen molar-refractivity contribution in [1.82, 2.24) is 4.98 Å². The van der Waals surface area contributed by atoms with Crippen LogP contribution in [0.4, 0.5) is 11.5 Å². The van der Waals surface area contributed by atoms with E-state index in [9.17, 15) is 4.79 Å². The van der Waals surface area contributed by atoms with Crippen LogP contribution in [0.25, 0.3) is 0 Å². The summed E-state index contributed by atoms with van der Waals surface area (Å²) >= 11 is 18.0. The molecule has 0 fully saturated rings. The molecular formula is C20H16Cl3N3O2. The summed E-state index contributed by atoms with van der Waals surface area (Å²) in [5.41, 5.74) is 7.54. The van der Waals surface area contributed by atoms with Gasteiger partial charge >= 0.3 is 0 Å². The summed E-state index contributed by atoms with van der Waals surface area (Å²) in [5, 5.41) is 3.76. The smallest absolute Gasteiger partial charge is 0.257 e. The number of ether oxygens (including phenoxy) is 1. The largest absolute Gasteiger partial charge is 0.482 e. The number of rotatable bonds is 5. The van der Waals surface area contributed by atoms with Crippen LogP contribution in [0.1, 0.15) is 28.9 Å². The van der Waals surface area contributed by atoms with Crippen molar-refractivity contribution in [3.8, 4) is 5.75 Å². The summed E-state index contributed by atoms with van der Waals surface area (Å²) in [7, 11) is 0. The molecule has 8 heteroatoms. The lowest BCUT2D eigenvalue weighted by Gasteiger charge is -2.17. The summed E-state index contributed by atoms with van der Waals surface area (Å²) in [6.07, 6.45) is 1.10. The maximum Gasteiger partial charge on any atom is 0.257 e. The third-order valence-corrected chi connectivity index (χ3v) is 4.99. The minimum absolute atomic E-state index is 0.207. The number of pyridine rings is 1. The second kappa shape index (κ2) is 8.69. The van der Waals surface area contributed by atoms with Crippen molar-refractivity contribution in [2.24, 2.45) is 0 Å². The Kier molecular flexibility index (Phi) is 6.29. The molecule has 1 heterocycles. The van der Waals surface area contributed by atoms with Gasteiger partial charge in [0.05, 0.1) is 20.6 Å². The Hall–Kier alpha value is -2.47. The van der Waals surface area contributed by atoms with Crippen molar-refractivity contribution in [3.63, 3.8) is 0 Å². The van der Waals surface area contributed by atoms with Gasteiger partial charge in [-0.25, -0.2) is 4.98 Å². The Morgan fingerprint density at radius 2 is 1.89 bits per heavy atom. The summed E-state index contributed by atoms with van der Waals surface area (Å²) in [4.78, 5) is 16.5. The Labute approximate surface area is 177 Å². The highest BCUT2D eigenvalue weighted by Crippen LogP contribution is 2.30. The molecule has 0 aliphatic carbocycles. The Bertz CT molecular complexity index is 1030. The fourth-order valence-electron chi connectivity index (χ4n) is 2.53. The highest BCUT2D eigenvalue weighted by molar-refractivity contribution is 6.44. The summed E-state index contributed by atoms with van der Waals surface area (Å²) in [6.45, 7) is 1.86. The number of nitrogens with one attached hydrogen (secondary N) is 1. The molecule has 0 saturated carbocycles. The number of aromatic nitrogens is 1. The van der Waals surface area contributed by atoms with E-state index in [1.54, 1.807) is 36.4 Å². The van der Waals surface area contributed by atoms with Crippen LogP contribution in [0.3, 0.4) is 0 Å². The van der Waals surface area contributed by atoms with Gasteiger partial charge in [0.1, 0.15) is 6.10 Å². The van der Waals surface area contributed by atoms with E-state index in [2.05, 4.69) is 10.3 Å². The SMILES string of the molecule is C[C@H](Oc1cc(Cl)cnc1N)c1cccc(NC(=O)c2cccc(Cl)c2Cl)c1. The van der Waals surface area contributed by atoms with Gasteiger partial charge in [0.2, 0.25) is 0 Å². The van der Waals surface area contributed by atoms with Crippen molar-refractivity contribution < 1.29 is 9.53 Å². The van der Waals surface area contributed by atoms with E-state index >= 15 is 0 Å². The van der Waals surface area contributed by atoms with Crippen LogP contribution in [0.2, 0.25) is 15.1 Å². The predicted octanol–water partition coefficient (Wildman–Crippen LogP) is 6.02. The Morgan fingerprint density at radius 1 is 1.14 bits per heavy atom. The molecule has 0 spiro atoms. The summed E-state index contributed by atoms with van der Waals surface area (Å²) in [5.74, 6) is 0.276. The van der Waals surface area contributed by atoms with E-state index in [1.807, 2.05) is 19.1 Å². The van der Waals surface area contributed by atoms with Gasteiger partial charge in [-0.2, -0.15) is 0 Å².